The molecule has 1 fully saturated rings. The van der Waals surface area contributed by atoms with Crippen LogP contribution in [0.2, 0.25) is 0 Å². The number of hydrogen-bond acceptors (Lipinski definition) is 3. The number of aromatic nitrogens is 1. The van der Waals surface area contributed by atoms with E-state index >= 15 is 0 Å². The largest absolute Gasteiger partial charge is 0.497 e. The molecule has 3 amide bonds. The molecule has 28 heavy (non-hydrogen) atoms. The van der Waals surface area contributed by atoms with E-state index in [2.05, 4.69) is 4.98 Å². The number of methoxy groups -OCH3 is 1. The first-order valence-electron chi connectivity index (χ1n) is 9.37. The zero-order valence-electron chi connectivity index (χ0n) is 16.1. The SMILES string of the molecule is COc1ccc2[nH]c3c(c2c1)CCN1C(=O)N(c2cccc(C)c2)C(=O)[C@@]31C. The number of aromatic amines is 1. The quantitative estimate of drug-likeness (QED) is 0.694. The van der Waals surface area contributed by atoms with E-state index in [-0.39, 0.29) is 11.9 Å². The number of carbonyl (C=O) groups excluding carboxylic acids is 2. The number of anilines is 1. The lowest BCUT2D eigenvalue weighted by molar-refractivity contribution is -0.125. The summed E-state index contributed by atoms with van der Waals surface area (Å²) in [7, 11) is 1.64. The summed E-state index contributed by atoms with van der Waals surface area (Å²) in [6.07, 6.45) is 0.693. The minimum atomic E-state index is -1.04. The minimum absolute atomic E-state index is 0.220. The van der Waals surface area contributed by atoms with Crippen LogP contribution >= 0.6 is 0 Å². The molecular formula is C22H21N3O3. The summed E-state index contributed by atoms with van der Waals surface area (Å²) < 4.78 is 5.37. The fourth-order valence-corrected chi connectivity index (χ4v) is 4.54. The van der Waals surface area contributed by atoms with E-state index in [1.807, 2.05) is 56.3 Å². The summed E-state index contributed by atoms with van der Waals surface area (Å²) >= 11 is 0. The number of amides is 3. The minimum Gasteiger partial charge on any atom is -0.497 e. The molecule has 1 saturated heterocycles. The second kappa shape index (κ2) is 5.61. The van der Waals surface area contributed by atoms with Gasteiger partial charge in [0.2, 0.25) is 0 Å². The molecule has 0 radical (unpaired) electrons. The molecule has 1 N–H and O–H groups in total. The third-order valence-corrected chi connectivity index (χ3v) is 6.03. The van der Waals surface area contributed by atoms with Crippen molar-refractivity contribution in [3.63, 3.8) is 0 Å². The maximum atomic E-state index is 13.6. The van der Waals surface area contributed by atoms with Crippen LogP contribution in [0.4, 0.5) is 10.5 Å². The van der Waals surface area contributed by atoms with Gasteiger partial charge in [-0.3, -0.25) is 4.79 Å². The summed E-state index contributed by atoms with van der Waals surface area (Å²) in [6.45, 7) is 4.29. The Hall–Kier alpha value is -3.28. The highest BCUT2D eigenvalue weighted by atomic mass is 16.5. The van der Waals surface area contributed by atoms with E-state index < -0.39 is 5.54 Å². The van der Waals surface area contributed by atoms with Crippen LogP contribution in [0.5, 0.6) is 5.75 Å². The van der Waals surface area contributed by atoms with E-state index in [4.69, 9.17) is 4.74 Å². The molecule has 6 nitrogen and oxygen atoms in total. The molecule has 0 bridgehead atoms. The average Bonchev–Trinajstić information content (AvgIpc) is 3.15. The predicted molar refractivity (Wildman–Crippen MR) is 107 cm³/mol. The Balaban J connectivity index is 1.68. The molecule has 2 aromatic carbocycles. The Labute approximate surface area is 162 Å². The van der Waals surface area contributed by atoms with Crippen LogP contribution in [0.25, 0.3) is 10.9 Å². The van der Waals surface area contributed by atoms with E-state index in [1.54, 1.807) is 12.0 Å². The maximum absolute atomic E-state index is 13.6. The molecular weight excluding hydrogens is 354 g/mol. The normalized spacial score (nSPS) is 21.2. The second-order valence-corrected chi connectivity index (χ2v) is 7.63. The zero-order valence-corrected chi connectivity index (χ0v) is 16.1. The van der Waals surface area contributed by atoms with Crippen molar-refractivity contribution >= 4 is 28.5 Å². The number of nitrogens with one attached hydrogen (secondary N) is 1. The topological polar surface area (TPSA) is 65.6 Å². The van der Waals surface area contributed by atoms with Gasteiger partial charge in [-0.1, -0.05) is 12.1 Å². The van der Waals surface area contributed by atoms with Crippen LogP contribution in [0, 0.1) is 6.92 Å². The molecule has 1 aromatic heterocycles. The number of H-pyrrole nitrogens is 1. The first kappa shape index (κ1) is 16.9. The number of urea groups is 1. The van der Waals surface area contributed by atoms with Gasteiger partial charge in [-0.05, 0) is 61.7 Å². The highest BCUT2D eigenvalue weighted by Crippen LogP contribution is 2.45. The van der Waals surface area contributed by atoms with Gasteiger partial charge in [0.25, 0.3) is 5.91 Å². The summed E-state index contributed by atoms with van der Waals surface area (Å²) in [5.74, 6) is 0.555. The summed E-state index contributed by atoms with van der Waals surface area (Å²) in [5.41, 5.74) is 3.41. The van der Waals surface area contributed by atoms with Crippen LogP contribution < -0.4 is 9.64 Å². The Bertz CT molecular complexity index is 1150. The highest BCUT2D eigenvalue weighted by Gasteiger charge is 2.59. The summed E-state index contributed by atoms with van der Waals surface area (Å²) in [5, 5.41) is 1.05. The molecule has 1 atom stereocenters. The Morgan fingerprint density at radius 1 is 1.14 bits per heavy atom. The third-order valence-electron chi connectivity index (χ3n) is 6.03. The van der Waals surface area contributed by atoms with E-state index in [0.29, 0.717) is 18.7 Å². The average molecular weight is 375 g/mol. The van der Waals surface area contributed by atoms with Crippen molar-refractivity contribution in [2.45, 2.75) is 25.8 Å². The Kier molecular flexibility index (Phi) is 3.38. The molecule has 3 aromatic rings. The molecule has 0 spiro atoms. The smallest absolute Gasteiger partial charge is 0.332 e. The van der Waals surface area contributed by atoms with E-state index in [0.717, 1.165) is 33.5 Å². The first-order valence-corrected chi connectivity index (χ1v) is 9.37. The van der Waals surface area contributed by atoms with Crippen molar-refractivity contribution in [1.82, 2.24) is 9.88 Å². The van der Waals surface area contributed by atoms with Gasteiger partial charge in [0, 0.05) is 17.4 Å². The number of ether oxygens (including phenoxy) is 1. The molecule has 0 saturated carbocycles. The lowest BCUT2D eigenvalue weighted by Crippen LogP contribution is -2.49. The van der Waals surface area contributed by atoms with Crippen LogP contribution in [0.15, 0.2) is 42.5 Å². The van der Waals surface area contributed by atoms with Gasteiger partial charge in [-0.15, -0.1) is 0 Å². The fourth-order valence-electron chi connectivity index (χ4n) is 4.54. The number of benzene rings is 2. The molecule has 3 heterocycles. The van der Waals surface area contributed by atoms with E-state index in [9.17, 15) is 9.59 Å². The molecule has 0 unspecified atom stereocenters. The standard InChI is InChI=1S/C22H21N3O3/c1-13-5-4-6-14(11-13)25-20(26)22(2)19-16(9-10-24(22)21(25)27)17-12-15(28-3)7-8-18(17)23-19/h4-8,11-12,23H,9-10H2,1-3H3/t22-/m1/s1. The summed E-state index contributed by atoms with van der Waals surface area (Å²) in [4.78, 5) is 33.2. The van der Waals surface area contributed by atoms with Gasteiger partial charge in [0.15, 0.2) is 5.54 Å². The lowest BCUT2D eigenvalue weighted by Gasteiger charge is -2.35. The molecule has 142 valence electrons. The van der Waals surface area contributed by atoms with E-state index in [1.165, 1.54) is 4.90 Å². The van der Waals surface area contributed by atoms with Crippen molar-refractivity contribution in [1.29, 1.82) is 0 Å². The van der Waals surface area contributed by atoms with Crippen molar-refractivity contribution in [2.24, 2.45) is 0 Å². The molecule has 0 aliphatic carbocycles. The number of imide groups is 1. The fraction of sp³-hybridized carbons (Fsp3) is 0.273. The Morgan fingerprint density at radius 2 is 1.96 bits per heavy atom. The third kappa shape index (κ3) is 2.03. The molecule has 6 heteroatoms. The zero-order chi connectivity index (χ0) is 19.6. The second-order valence-electron chi connectivity index (χ2n) is 7.63. The van der Waals surface area contributed by atoms with Gasteiger partial charge in [-0.2, -0.15) is 0 Å². The monoisotopic (exact) mass is 375 g/mol. The van der Waals surface area contributed by atoms with Gasteiger partial charge in [0.05, 0.1) is 18.5 Å². The van der Waals surface area contributed by atoms with Crippen LogP contribution in [0.1, 0.15) is 23.7 Å². The van der Waals surface area contributed by atoms with Crippen LogP contribution in [-0.4, -0.2) is 35.5 Å². The van der Waals surface area contributed by atoms with Crippen molar-refractivity contribution in [3.05, 3.63) is 59.3 Å². The van der Waals surface area contributed by atoms with Crippen molar-refractivity contribution < 1.29 is 14.3 Å². The molecule has 2 aliphatic heterocycles. The maximum Gasteiger partial charge on any atom is 0.332 e. The number of hydrogen-bond donors (Lipinski definition) is 1. The summed E-state index contributed by atoms with van der Waals surface area (Å²) in [6, 6.07) is 13.1. The van der Waals surface area contributed by atoms with Crippen molar-refractivity contribution in [2.75, 3.05) is 18.6 Å². The highest BCUT2D eigenvalue weighted by molar-refractivity contribution is 6.23. The Morgan fingerprint density at radius 3 is 2.71 bits per heavy atom. The lowest BCUT2D eigenvalue weighted by atomic mass is 9.87. The van der Waals surface area contributed by atoms with Gasteiger partial charge in [0.1, 0.15) is 5.75 Å². The van der Waals surface area contributed by atoms with Gasteiger partial charge in [-0.25, -0.2) is 9.69 Å². The van der Waals surface area contributed by atoms with Crippen LogP contribution in [-0.2, 0) is 16.8 Å². The van der Waals surface area contributed by atoms with Gasteiger partial charge >= 0.3 is 6.03 Å². The first-order chi connectivity index (χ1) is 13.4. The van der Waals surface area contributed by atoms with Crippen molar-refractivity contribution in [3.8, 4) is 5.75 Å². The number of rotatable bonds is 2. The molecule has 5 rings (SSSR count). The number of aryl methyl sites for hydroxylation is 1. The predicted octanol–water partition coefficient (Wildman–Crippen LogP) is 3.73. The molecule has 2 aliphatic rings. The number of nitrogens with zero attached hydrogens (tertiary/aromatic N) is 2. The number of carbonyl (C=O) groups is 2. The van der Waals surface area contributed by atoms with Gasteiger partial charge < -0.3 is 14.6 Å². The number of fused-ring (bicyclic) bond motifs is 5. The van der Waals surface area contributed by atoms with Crippen LogP contribution in [0.3, 0.4) is 0 Å².